The van der Waals surface area contributed by atoms with Crippen LogP contribution in [0.15, 0.2) is 23.1 Å². The van der Waals surface area contributed by atoms with Crippen molar-refractivity contribution >= 4 is 10.0 Å². The van der Waals surface area contributed by atoms with Crippen molar-refractivity contribution in [3.05, 3.63) is 29.3 Å². The fourth-order valence-electron chi connectivity index (χ4n) is 2.25. The van der Waals surface area contributed by atoms with Crippen LogP contribution in [0.1, 0.15) is 30.4 Å². The van der Waals surface area contributed by atoms with Crippen LogP contribution in [0.2, 0.25) is 0 Å². The van der Waals surface area contributed by atoms with Gasteiger partial charge in [0.05, 0.1) is 10.5 Å². The highest BCUT2D eigenvalue weighted by Crippen LogP contribution is 2.32. The molecule has 0 bridgehead atoms. The molecule has 0 saturated heterocycles. The molecule has 2 rings (SSSR count). The molecule has 1 saturated carbocycles. The van der Waals surface area contributed by atoms with Crippen molar-refractivity contribution in [3.8, 4) is 0 Å². The normalized spacial score (nSPS) is 18.3. The molecular formula is C13H17F3N2O2S. The Balaban J connectivity index is 2.20. The molecule has 1 aliphatic rings. The summed E-state index contributed by atoms with van der Waals surface area (Å²) in [5.74, 6) is 0. The van der Waals surface area contributed by atoms with Gasteiger partial charge in [0.15, 0.2) is 0 Å². The number of nitrogens with two attached hydrogens (primary N) is 1. The highest BCUT2D eigenvalue weighted by molar-refractivity contribution is 7.89. The molecule has 3 N–H and O–H groups in total. The maximum atomic E-state index is 12.6. The molecule has 0 heterocycles. The number of sulfonamides is 1. The summed E-state index contributed by atoms with van der Waals surface area (Å²) in [6.07, 6.45) is -2.06. The molecule has 4 nitrogen and oxygen atoms in total. The quantitative estimate of drug-likeness (QED) is 0.892. The first kappa shape index (κ1) is 16.3. The molecule has 21 heavy (non-hydrogen) atoms. The fraction of sp³-hybridized carbons (Fsp3) is 0.538. The number of hydrogen-bond donors (Lipinski definition) is 2. The summed E-state index contributed by atoms with van der Waals surface area (Å²) >= 11 is 0. The van der Waals surface area contributed by atoms with Crippen LogP contribution in [0, 0.1) is 6.92 Å². The Labute approximate surface area is 121 Å². The second-order valence-electron chi connectivity index (χ2n) is 5.52. The summed E-state index contributed by atoms with van der Waals surface area (Å²) in [6.45, 7) is 1.43. The lowest BCUT2D eigenvalue weighted by Gasteiger charge is -2.38. The topological polar surface area (TPSA) is 72.2 Å². The van der Waals surface area contributed by atoms with Crippen molar-refractivity contribution in [2.24, 2.45) is 5.73 Å². The van der Waals surface area contributed by atoms with Gasteiger partial charge in [-0.25, -0.2) is 13.1 Å². The van der Waals surface area contributed by atoms with E-state index in [0.29, 0.717) is 0 Å². The Kier molecular flexibility index (Phi) is 4.07. The molecular weight excluding hydrogens is 305 g/mol. The number of benzene rings is 1. The van der Waals surface area contributed by atoms with Gasteiger partial charge in [-0.15, -0.1) is 0 Å². The van der Waals surface area contributed by atoms with Gasteiger partial charge in [-0.1, -0.05) is 0 Å². The zero-order valence-corrected chi connectivity index (χ0v) is 12.3. The van der Waals surface area contributed by atoms with Gasteiger partial charge in [0.2, 0.25) is 10.0 Å². The van der Waals surface area contributed by atoms with Gasteiger partial charge in [-0.3, -0.25) is 0 Å². The summed E-state index contributed by atoms with van der Waals surface area (Å²) in [5.41, 5.74) is 4.58. The van der Waals surface area contributed by atoms with E-state index in [0.717, 1.165) is 37.5 Å². The molecule has 1 aromatic carbocycles. The molecule has 1 aliphatic carbocycles. The maximum absolute atomic E-state index is 12.6. The van der Waals surface area contributed by atoms with E-state index in [2.05, 4.69) is 4.72 Å². The zero-order valence-electron chi connectivity index (χ0n) is 11.5. The fourth-order valence-corrected chi connectivity index (χ4v) is 3.61. The van der Waals surface area contributed by atoms with Crippen molar-refractivity contribution < 1.29 is 21.6 Å². The average molecular weight is 322 g/mol. The van der Waals surface area contributed by atoms with Gasteiger partial charge in [-0.2, -0.15) is 13.2 Å². The van der Waals surface area contributed by atoms with Gasteiger partial charge >= 0.3 is 6.18 Å². The monoisotopic (exact) mass is 322 g/mol. The van der Waals surface area contributed by atoms with E-state index in [-0.39, 0.29) is 17.0 Å². The van der Waals surface area contributed by atoms with Crippen molar-refractivity contribution in [3.63, 3.8) is 0 Å². The largest absolute Gasteiger partial charge is 0.416 e. The number of hydrogen-bond acceptors (Lipinski definition) is 3. The predicted molar refractivity (Wildman–Crippen MR) is 72.1 cm³/mol. The van der Waals surface area contributed by atoms with E-state index in [1.165, 1.54) is 6.92 Å². The van der Waals surface area contributed by atoms with E-state index in [4.69, 9.17) is 5.73 Å². The minimum Gasteiger partial charge on any atom is -0.324 e. The maximum Gasteiger partial charge on any atom is 0.416 e. The Morgan fingerprint density at radius 3 is 2.38 bits per heavy atom. The minimum absolute atomic E-state index is 0.0528. The lowest BCUT2D eigenvalue weighted by atomic mass is 9.78. The molecule has 1 aromatic rings. The number of aryl methyl sites for hydroxylation is 1. The van der Waals surface area contributed by atoms with Gasteiger partial charge in [0.1, 0.15) is 0 Å². The van der Waals surface area contributed by atoms with E-state index >= 15 is 0 Å². The third-order valence-corrected chi connectivity index (χ3v) is 5.32. The average Bonchev–Trinajstić information content (AvgIpc) is 2.32. The Morgan fingerprint density at radius 1 is 1.33 bits per heavy atom. The van der Waals surface area contributed by atoms with Crippen molar-refractivity contribution in [1.29, 1.82) is 0 Å². The number of alkyl halides is 3. The molecule has 0 aliphatic heterocycles. The third-order valence-electron chi connectivity index (χ3n) is 3.76. The smallest absolute Gasteiger partial charge is 0.324 e. The Hall–Kier alpha value is -1.12. The van der Waals surface area contributed by atoms with Crippen LogP contribution in [0.25, 0.3) is 0 Å². The van der Waals surface area contributed by atoms with Crippen LogP contribution in [-0.2, 0) is 16.2 Å². The van der Waals surface area contributed by atoms with E-state index < -0.39 is 27.3 Å². The van der Waals surface area contributed by atoms with Gasteiger partial charge in [0, 0.05) is 12.1 Å². The van der Waals surface area contributed by atoms with Crippen LogP contribution < -0.4 is 10.5 Å². The van der Waals surface area contributed by atoms with Crippen molar-refractivity contribution in [2.75, 3.05) is 6.54 Å². The molecule has 0 radical (unpaired) electrons. The summed E-state index contributed by atoms with van der Waals surface area (Å²) in [6, 6.07) is 2.57. The highest BCUT2D eigenvalue weighted by atomic mass is 32.2. The predicted octanol–water partition coefficient (Wildman–Crippen LogP) is 2.17. The molecule has 0 unspecified atom stereocenters. The first-order valence-corrected chi connectivity index (χ1v) is 7.98. The molecule has 0 amide bonds. The number of halogens is 3. The van der Waals surface area contributed by atoms with E-state index in [1.807, 2.05) is 0 Å². The summed E-state index contributed by atoms with van der Waals surface area (Å²) in [4.78, 5) is -0.154. The summed E-state index contributed by atoms with van der Waals surface area (Å²) in [5, 5.41) is 0. The van der Waals surface area contributed by atoms with Crippen LogP contribution >= 0.6 is 0 Å². The lowest BCUT2D eigenvalue weighted by molar-refractivity contribution is -0.137. The molecule has 1 fully saturated rings. The second kappa shape index (κ2) is 5.26. The van der Waals surface area contributed by atoms with Gasteiger partial charge < -0.3 is 5.73 Å². The van der Waals surface area contributed by atoms with Gasteiger partial charge in [-0.05, 0) is 49.9 Å². The minimum atomic E-state index is -4.49. The summed E-state index contributed by atoms with van der Waals surface area (Å²) < 4.78 is 64.4. The number of rotatable bonds is 4. The standard InChI is InChI=1S/C13H17F3N2O2S/c1-9-7-10(13(14,15)16)3-4-11(9)21(19,20)18-8-12(17)5-2-6-12/h3-4,7,18H,2,5-6,8,17H2,1H3. The number of nitrogens with one attached hydrogen (secondary N) is 1. The molecule has 0 aromatic heterocycles. The Bertz CT molecular complexity index is 637. The van der Waals surface area contributed by atoms with Crippen molar-refractivity contribution in [1.82, 2.24) is 4.72 Å². The molecule has 0 atom stereocenters. The van der Waals surface area contributed by atoms with E-state index in [9.17, 15) is 21.6 Å². The second-order valence-corrected chi connectivity index (χ2v) is 7.25. The van der Waals surface area contributed by atoms with Crippen LogP contribution in [0.3, 0.4) is 0 Å². The third kappa shape index (κ3) is 3.56. The SMILES string of the molecule is Cc1cc(C(F)(F)F)ccc1S(=O)(=O)NCC1(N)CCC1. The van der Waals surface area contributed by atoms with Crippen LogP contribution in [0.5, 0.6) is 0 Å². The molecule has 8 heteroatoms. The molecule has 0 spiro atoms. The lowest BCUT2D eigenvalue weighted by Crippen LogP contribution is -2.54. The first-order valence-electron chi connectivity index (χ1n) is 6.50. The highest BCUT2D eigenvalue weighted by Gasteiger charge is 2.35. The van der Waals surface area contributed by atoms with Crippen molar-refractivity contribution in [2.45, 2.75) is 42.8 Å². The molecule has 118 valence electrons. The van der Waals surface area contributed by atoms with Crippen LogP contribution in [0.4, 0.5) is 13.2 Å². The first-order chi connectivity index (χ1) is 9.54. The van der Waals surface area contributed by atoms with Gasteiger partial charge in [0.25, 0.3) is 0 Å². The summed E-state index contributed by atoms with van der Waals surface area (Å²) in [7, 11) is -3.86. The van der Waals surface area contributed by atoms with E-state index in [1.54, 1.807) is 0 Å². The Morgan fingerprint density at radius 2 is 1.95 bits per heavy atom. The zero-order chi connectivity index (χ0) is 15.9. The van der Waals surface area contributed by atoms with Crippen LogP contribution in [-0.4, -0.2) is 20.5 Å².